The van der Waals surface area contributed by atoms with Crippen LogP contribution in [0.4, 0.5) is 32.8 Å². The van der Waals surface area contributed by atoms with Crippen LogP contribution < -0.4 is 58.3 Å². The van der Waals surface area contributed by atoms with Crippen LogP contribution in [0, 0.1) is 47.4 Å². The van der Waals surface area contributed by atoms with E-state index in [0.29, 0.717) is 140 Å². The number of anilines is 5. The van der Waals surface area contributed by atoms with Crippen molar-refractivity contribution in [3.8, 4) is 11.1 Å². The van der Waals surface area contributed by atoms with Crippen molar-refractivity contribution in [2.75, 3.05) is 92.3 Å². The molecule has 0 radical (unpaired) electrons. The highest BCUT2D eigenvalue weighted by Crippen LogP contribution is 2.49. The highest BCUT2D eigenvalue weighted by atomic mass is 79.9. The summed E-state index contributed by atoms with van der Waals surface area (Å²) in [6, 6.07) is 32.9. The lowest BCUT2D eigenvalue weighted by atomic mass is 9.86. The number of nitrogens with two attached hydrogens (primary N) is 1. The van der Waals surface area contributed by atoms with Gasteiger partial charge in [-0.05, 0) is 337 Å². The fourth-order valence-corrected chi connectivity index (χ4v) is 22.8. The van der Waals surface area contributed by atoms with Gasteiger partial charge in [0.25, 0.3) is 57.4 Å². The Balaban J connectivity index is 0.000000126. The molecular formula is C108H115BrFN17O16S3. The molecule has 12 heterocycles. The van der Waals surface area contributed by atoms with Gasteiger partial charge in [-0.25, -0.2) is 17.5 Å². The second-order valence-corrected chi connectivity index (χ2v) is 44.6. The van der Waals surface area contributed by atoms with Gasteiger partial charge in [0, 0.05) is 162 Å². The molecule has 2 unspecified atom stereocenters. The van der Waals surface area contributed by atoms with Crippen molar-refractivity contribution in [1.29, 1.82) is 0 Å². The van der Waals surface area contributed by atoms with Crippen molar-refractivity contribution >= 4 is 190 Å². The van der Waals surface area contributed by atoms with Gasteiger partial charge >= 0.3 is 0 Å². The summed E-state index contributed by atoms with van der Waals surface area (Å²) < 4.78 is 82.6. The first-order valence-corrected chi connectivity index (χ1v) is 54.2. The van der Waals surface area contributed by atoms with Gasteiger partial charge in [-0.2, -0.15) is 8.42 Å². The molecule has 11 aromatic rings. The summed E-state index contributed by atoms with van der Waals surface area (Å²) in [6.07, 6.45) is 20.8. The van der Waals surface area contributed by atoms with E-state index in [9.17, 15) is 73.7 Å². The molecule has 5 aromatic heterocycles. The number of nitrogens with one attached hydrogen (secondary N) is 15. The molecule has 6 aromatic carbocycles. The number of aliphatic hydroxyl groups is 1. The standard InChI is InChI=1S/C25H29BrN4O2.C24H29N5O5S.C23H21N3O3S.C19H20FN3O2.C17H16N2O4S/c1-15-21(24(31)27-10-5-13-30-11-2-3-12-30)17-6-4-7-18(23(17)28-15)22-19-14-16(26)8-9-20(19)29-25(22)32;1-12-20(23(31)27-11-14(30)10-26-13-3-4-13)16-6-7-17(22(16)28-12)21-18-9-15(35(33,34)25-2)5-8-19(18)29-24(21)32;1-30(2,29)18-6-4-15(5-7-18)16-11-17(25-13-16)12-20-19-9-14(10-22(24)27)3-8-21(19)26-23(20)28;1-4-7-21-19(25)17-10(2)16(22-11(17)3)9-14-13-8-12(20)5-6-15(13)23-18(14)24;1-9-8-18-14(10(9)2)7-12-16-11-5-6-23-24(21,22)15(11)4-3-13(16)19-17(12)20/h8-9,14,28H,2-7,10-13H2,1H3,(H,27,31)(H,29,32);5,8-9,13-14,25-26,28,30H,3-4,6-7,10-11H2,1-2H3,(H,27,31)(H,29,32);3-9,11-13,25H,1,10H2,2H3,(H2,24,27)(H,26,28);5-6,8-9,22H,4,7H2,1-3H3,(H,21,25)(H,23,24);3-4,7-8,18H,5-6H2,1-2H3,(H,19,20)/b22-18-;21-17-;20-12-;14-9-;12-7-. The zero-order chi connectivity index (χ0) is 104. The maximum atomic E-state index is 13.5. The summed E-state index contributed by atoms with van der Waals surface area (Å²) >= 11 is 3.53. The number of fused-ring (bicyclic) bond motifs is 9. The number of halogens is 2. The molecule has 2 fully saturated rings. The zero-order valence-corrected chi connectivity index (χ0v) is 86.2. The van der Waals surface area contributed by atoms with Crippen LogP contribution >= 0.6 is 15.9 Å². The van der Waals surface area contributed by atoms with E-state index in [-0.39, 0.29) is 76.6 Å². The van der Waals surface area contributed by atoms with E-state index in [4.69, 9.17) is 9.92 Å². The first-order chi connectivity index (χ1) is 69.7. The molecule has 1 saturated heterocycles. The molecule has 0 spiro atoms. The normalized spacial score (nSPS) is 18.3. The molecular weight excluding hydrogens is 1990 g/mol. The Bertz CT molecular complexity index is 7770. The van der Waals surface area contributed by atoms with E-state index in [0.717, 1.165) is 174 Å². The SMILES string of the molecule is C=S(C)(=O)c1ccc(-c2c[nH]c(/C=C3\C(=O)Nc4ccc(CC(N)=O)cc43)c2)cc1.CCCNC(=O)c1c(C)[nH]c(/C=C2\C(=O)Nc3ccc(F)cc32)c1C.CNS(=O)(=O)c1ccc2c(c1)/C(=C1\CCc3c1[nH]c(C)c3C(=O)NCC(O)CNC1CC1)C(=O)N2.Cc1[nH]c2c(c1C(=O)NCCCN1CCCC1)CCC/C2=C1/C(=O)Nc2ccc(Br)cc21.Cc1c[nH]c(/C=C2\C(=O)Nc3ccc4c(c32)CCOS4(=O)=O)c1C. The molecule has 9 amide bonds. The molecule has 2 atom stereocenters. The number of aromatic nitrogens is 5. The Morgan fingerprint density at radius 3 is 1.80 bits per heavy atom. The smallest absolute Gasteiger partial charge is 0.297 e. The van der Waals surface area contributed by atoms with E-state index in [1.807, 2.05) is 109 Å². The van der Waals surface area contributed by atoms with Crippen LogP contribution in [0.2, 0.25) is 0 Å². The molecule has 760 valence electrons. The molecule has 146 heavy (non-hydrogen) atoms. The number of sulfonamides is 1. The van der Waals surface area contributed by atoms with Gasteiger partial charge in [-0.3, -0.25) is 51.5 Å². The number of nitrogens with zero attached hydrogens (tertiary/aromatic N) is 1. The van der Waals surface area contributed by atoms with Gasteiger partial charge in [0.1, 0.15) is 5.82 Å². The van der Waals surface area contributed by atoms with Gasteiger partial charge in [-0.1, -0.05) is 41.1 Å². The number of carbonyl (C=O) groups is 9. The Labute approximate surface area is 853 Å². The van der Waals surface area contributed by atoms with Crippen molar-refractivity contribution in [1.82, 2.24) is 55.8 Å². The topological polar surface area (TPSA) is 497 Å². The number of allylic oxidation sites excluding steroid dienone is 2. The number of hydrogen-bond acceptors (Lipinski definition) is 18. The predicted octanol–water partition coefficient (Wildman–Crippen LogP) is 14.1. The van der Waals surface area contributed by atoms with Gasteiger partial charge in [0.2, 0.25) is 15.9 Å². The molecule has 0 bridgehead atoms. The van der Waals surface area contributed by atoms with Crippen molar-refractivity contribution in [2.45, 2.75) is 159 Å². The van der Waals surface area contributed by atoms with E-state index in [1.54, 1.807) is 61.7 Å². The van der Waals surface area contributed by atoms with E-state index >= 15 is 0 Å². The number of aryl methyl sites for hydroxylation is 4. The molecule has 33 nitrogen and oxygen atoms in total. The lowest BCUT2D eigenvalue weighted by molar-refractivity contribution is -0.117. The van der Waals surface area contributed by atoms with Crippen LogP contribution in [0.15, 0.2) is 147 Å². The summed E-state index contributed by atoms with van der Waals surface area (Å²) in [5.41, 5.74) is 32.5. The van der Waals surface area contributed by atoms with Gasteiger partial charge in [0.05, 0.1) is 73.5 Å². The number of hydrogen-bond donors (Lipinski definition) is 17. The van der Waals surface area contributed by atoms with Crippen LogP contribution in [0.25, 0.3) is 68.4 Å². The second-order valence-electron chi connectivity index (χ2n) is 37.8. The first kappa shape index (κ1) is 103. The fraction of sp³-hybridized carbons (Fsp3) is 0.296. The Hall–Kier alpha value is -14.2. The van der Waals surface area contributed by atoms with Crippen molar-refractivity contribution in [3.63, 3.8) is 0 Å². The molecule has 10 aliphatic rings. The Kier molecular flexibility index (Phi) is 30.3. The van der Waals surface area contributed by atoms with Gasteiger partial charge < -0.3 is 88.5 Å². The molecule has 7 aliphatic heterocycles. The average Bonchev–Trinajstić information content (AvgIpc) is 1.58. The summed E-state index contributed by atoms with van der Waals surface area (Å²) in [5, 5.41) is 36.4. The maximum Gasteiger partial charge on any atom is 0.297 e. The molecule has 21 rings (SSSR count). The minimum absolute atomic E-state index is 0.00769. The van der Waals surface area contributed by atoms with Crippen LogP contribution in [-0.2, 0) is 88.3 Å². The minimum atomic E-state index is -3.76. The largest absolute Gasteiger partial charge is 0.390 e. The average molecular weight is 2100 g/mol. The number of primary amides is 1. The fourth-order valence-electron chi connectivity index (χ4n) is 19.8. The second kappa shape index (κ2) is 42.8. The van der Waals surface area contributed by atoms with Gasteiger partial charge in [0.15, 0.2) is 0 Å². The highest BCUT2D eigenvalue weighted by molar-refractivity contribution is 9.10. The quantitative estimate of drug-likeness (QED) is 0.0122. The lowest BCUT2D eigenvalue weighted by Gasteiger charge is -2.19. The lowest BCUT2D eigenvalue weighted by Crippen LogP contribution is -2.39. The summed E-state index contributed by atoms with van der Waals surface area (Å²) in [7, 11) is -8.34. The van der Waals surface area contributed by atoms with Crippen molar-refractivity contribution in [2.24, 2.45) is 5.73 Å². The van der Waals surface area contributed by atoms with Crippen molar-refractivity contribution in [3.05, 3.63) is 267 Å². The van der Waals surface area contributed by atoms with Crippen LogP contribution in [0.5, 0.6) is 0 Å². The van der Waals surface area contributed by atoms with E-state index in [2.05, 4.69) is 104 Å². The summed E-state index contributed by atoms with van der Waals surface area (Å²) in [5.74, 6) is 1.38. The summed E-state index contributed by atoms with van der Waals surface area (Å²) in [6.45, 7) is 18.7. The number of carbonyl (C=O) groups excluding carboxylic acids is 9. The monoisotopic (exact) mass is 2100 g/mol. The number of aliphatic hydroxyl groups excluding tert-OH is 1. The Morgan fingerprint density at radius 1 is 0.582 bits per heavy atom. The minimum Gasteiger partial charge on any atom is -0.390 e. The maximum absolute atomic E-state index is 13.5. The zero-order valence-electron chi connectivity index (χ0n) is 82.1. The molecule has 1 saturated carbocycles. The number of H-pyrrole nitrogens is 5. The summed E-state index contributed by atoms with van der Waals surface area (Å²) in [4.78, 5) is 132. The third-order valence-electron chi connectivity index (χ3n) is 27.5. The van der Waals surface area contributed by atoms with Crippen LogP contribution in [-0.4, -0.2) is 193 Å². The molecule has 38 heteroatoms. The Morgan fingerprint density at radius 2 is 1.15 bits per heavy atom. The number of likely N-dealkylation sites (tertiary alicyclic amines) is 1. The number of amides is 9. The van der Waals surface area contributed by atoms with Crippen LogP contribution in [0.1, 0.15) is 208 Å². The highest BCUT2D eigenvalue weighted by Gasteiger charge is 2.40. The third-order valence-corrected chi connectivity index (χ3v) is 32.0. The number of rotatable bonds is 23. The first-order valence-electron chi connectivity index (χ1n) is 48.4. The molecule has 3 aliphatic carbocycles. The number of aromatic amines is 5. The predicted molar refractivity (Wildman–Crippen MR) is 569 cm³/mol. The van der Waals surface area contributed by atoms with Gasteiger partial charge in [-0.15, -0.1) is 0 Å². The van der Waals surface area contributed by atoms with E-state index < -0.39 is 47.5 Å². The third kappa shape index (κ3) is 22.0. The van der Waals surface area contributed by atoms with E-state index in [1.165, 1.54) is 63.3 Å². The van der Waals surface area contributed by atoms with Crippen LogP contribution in [0.3, 0.4) is 0 Å². The van der Waals surface area contributed by atoms with Crippen molar-refractivity contribution < 1.29 is 77.9 Å². The molecule has 18 N–H and O–H groups in total. The number of benzene rings is 6.